The first-order valence-corrected chi connectivity index (χ1v) is 14.9. The standard InChI is InChI=1S/C31H33N5O5S2/c1-20(2)26(28(38)34-29-35-36-31(42)43-29)33-27(37)25(32-30(39)41-19-23-11-7-4-8-12-23)17-21-13-15-24(16-14-21)40-18-22-9-5-3-6-10-22/h3-16,20,25-26H,17-19H2,1-2H3,(H,32,39)(H,33,37)(H,36,42)(H,34,35,38)/t25-,26-/m0/s1. The first-order valence-electron chi connectivity index (χ1n) is 13.7. The zero-order valence-electron chi connectivity index (χ0n) is 23.7. The van der Waals surface area contributed by atoms with Gasteiger partial charge in [-0.1, -0.05) is 98.0 Å². The number of nitrogens with zero attached hydrogens (tertiary/aromatic N) is 1. The summed E-state index contributed by atoms with van der Waals surface area (Å²) in [5.74, 6) is -0.583. The topological polar surface area (TPSA) is 134 Å². The van der Waals surface area contributed by atoms with Crippen LogP contribution in [0.3, 0.4) is 0 Å². The van der Waals surface area contributed by atoms with Gasteiger partial charge in [-0.25, -0.2) is 4.79 Å². The highest BCUT2D eigenvalue weighted by Crippen LogP contribution is 2.17. The predicted octanol–water partition coefficient (Wildman–Crippen LogP) is 5.40. The second kappa shape index (κ2) is 15.6. The van der Waals surface area contributed by atoms with Crippen molar-refractivity contribution < 1.29 is 23.9 Å². The lowest BCUT2D eigenvalue weighted by Gasteiger charge is -2.25. The minimum atomic E-state index is -1.03. The molecule has 0 aliphatic heterocycles. The molecule has 43 heavy (non-hydrogen) atoms. The van der Waals surface area contributed by atoms with Gasteiger partial charge in [0.1, 0.15) is 31.0 Å². The third kappa shape index (κ3) is 10.0. The zero-order chi connectivity index (χ0) is 30.6. The van der Waals surface area contributed by atoms with Gasteiger partial charge < -0.3 is 20.1 Å². The summed E-state index contributed by atoms with van der Waals surface area (Å²) in [4.78, 5) is 39.3. The molecule has 4 rings (SSSR count). The Hall–Kier alpha value is -4.55. The van der Waals surface area contributed by atoms with Gasteiger partial charge in [0, 0.05) is 6.42 Å². The molecule has 10 nitrogen and oxygen atoms in total. The molecule has 1 heterocycles. The van der Waals surface area contributed by atoms with Crippen molar-refractivity contribution in [3.63, 3.8) is 0 Å². The molecule has 4 N–H and O–H groups in total. The van der Waals surface area contributed by atoms with E-state index in [9.17, 15) is 14.4 Å². The van der Waals surface area contributed by atoms with Crippen molar-refractivity contribution in [3.05, 3.63) is 106 Å². The van der Waals surface area contributed by atoms with Crippen LogP contribution in [0.5, 0.6) is 5.75 Å². The molecule has 224 valence electrons. The number of alkyl carbamates (subject to hydrolysis) is 1. The van der Waals surface area contributed by atoms with E-state index in [2.05, 4.69) is 26.1 Å². The first kappa shape index (κ1) is 31.4. The number of ether oxygens (including phenoxy) is 2. The van der Waals surface area contributed by atoms with E-state index in [-0.39, 0.29) is 18.9 Å². The molecular formula is C31H33N5O5S2. The molecule has 0 unspecified atom stereocenters. The minimum absolute atomic E-state index is 0.0428. The zero-order valence-corrected chi connectivity index (χ0v) is 25.4. The van der Waals surface area contributed by atoms with Gasteiger partial charge in [-0.3, -0.25) is 20.0 Å². The van der Waals surface area contributed by atoms with Crippen molar-refractivity contribution in [1.29, 1.82) is 0 Å². The third-order valence-electron chi connectivity index (χ3n) is 6.35. The Labute approximate surface area is 258 Å². The number of aromatic amines is 1. The van der Waals surface area contributed by atoms with E-state index in [0.29, 0.717) is 21.4 Å². The Morgan fingerprint density at radius 2 is 1.47 bits per heavy atom. The summed E-state index contributed by atoms with van der Waals surface area (Å²) in [5.41, 5.74) is 2.63. The van der Waals surface area contributed by atoms with Gasteiger partial charge in [-0.15, -0.1) is 5.10 Å². The SMILES string of the molecule is CC(C)[C@H](NC(=O)[C@H](Cc1ccc(OCc2ccccc2)cc1)NC(=O)OCc1ccccc1)C(=O)Nc1n[nH]c(=S)s1. The molecule has 0 saturated carbocycles. The smallest absolute Gasteiger partial charge is 0.408 e. The lowest BCUT2D eigenvalue weighted by atomic mass is 10.0. The fraction of sp³-hybridized carbons (Fsp3) is 0.258. The Balaban J connectivity index is 1.44. The van der Waals surface area contributed by atoms with Gasteiger partial charge in [0.05, 0.1) is 0 Å². The second-order valence-corrected chi connectivity index (χ2v) is 11.7. The number of aromatic nitrogens is 2. The van der Waals surface area contributed by atoms with Crippen LogP contribution in [0.1, 0.15) is 30.5 Å². The van der Waals surface area contributed by atoms with Gasteiger partial charge in [-0.2, -0.15) is 0 Å². The summed E-state index contributed by atoms with van der Waals surface area (Å²) in [6, 6.07) is 24.4. The number of anilines is 1. The van der Waals surface area contributed by atoms with Gasteiger partial charge in [0.25, 0.3) is 0 Å². The Bertz CT molecular complexity index is 1540. The van der Waals surface area contributed by atoms with Gasteiger partial charge in [-0.05, 0) is 47.0 Å². The molecule has 0 spiro atoms. The van der Waals surface area contributed by atoms with Crippen LogP contribution < -0.4 is 20.7 Å². The molecule has 0 aliphatic carbocycles. The molecule has 12 heteroatoms. The average Bonchev–Trinajstić information content (AvgIpc) is 3.42. The van der Waals surface area contributed by atoms with Crippen LogP contribution in [0, 0.1) is 9.87 Å². The molecule has 3 amide bonds. The van der Waals surface area contributed by atoms with Crippen molar-refractivity contribution in [2.24, 2.45) is 5.92 Å². The van der Waals surface area contributed by atoms with Crippen molar-refractivity contribution >= 4 is 46.6 Å². The molecule has 4 aromatic rings. The van der Waals surface area contributed by atoms with Crippen LogP contribution in [-0.2, 0) is 34.0 Å². The fourth-order valence-corrected chi connectivity index (χ4v) is 4.86. The normalized spacial score (nSPS) is 12.2. The van der Waals surface area contributed by atoms with E-state index in [1.54, 1.807) is 0 Å². The number of nitrogens with one attached hydrogen (secondary N) is 4. The molecule has 3 aromatic carbocycles. The molecule has 2 atom stereocenters. The highest BCUT2D eigenvalue weighted by Gasteiger charge is 2.30. The number of rotatable bonds is 13. The van der Waals surface area contributed by atoms with E-state index >= 15 is 0 Å². The maximum absolute atomic E-state index is 13.5. The van der Waals surface area contributed by atoms with E-state index in [1.807, 2.05) is 98.8 Å². The maximum atomic E-state index is 13.5. The van der Waals surface area contributed by atoms with Gasteiger partial charge >= 0.3 is 6.09 Å². The van der Waals surface area contributed by atoms with Crippen LogP contribution in [-0.4, -0.2) is 40.2 Å². The van der Waals surface area contributed by atoms with Crippen LogP contribution in [0.25, 0.3) is 0 Å². The molecule has 0 aliphatic rings. The minimum Gasteiger partial charge on any atom is -0.489 e. The van der Waals surface area contributed by atoms with Crippen molar-refractivity contribution in [1.82, 2.24) is 20.8 Å². The van der Waals surface area contributed by atoms with Crippen molar-refractivity contribution in [2.75, 3.05) is 5.32 Å². The van der Waals surface area contributed by atoms with Crippen LogP contribution in [0.2, 0.25) is 0 Å². The maximum Gasteiger partial charge on any atom is 0.408 e. The molecule has 1 aromatic heterocycles. The number of H-pyrrole nitrogens is 1. The number of carbonyl (C=O) groups is 3. The van der Waals surface area contributed by atoms with E-state index in [0.717, 1.165) is 28.0 Å². The quantitative estimate of drug-likeness (QED) is 0.147. The lowest BCUT2D eigenvalue weighted by Crippen LogP contribution is -2.55. The number of amides is 3. The molecule has 0 fully saturated rings. The highest BCUT2D eigenvalue weighted by atomic mass is 32.1. The third-order valence-corrected chi connectivity index (χ3v) is 7.35. The summed E-state index contributed by atoms with van der Waals surface area (Å²) < 4.78 is 11.7. The number of hydrogen-bond donors (Lipinski definition) is 4. The molecule has 0 radical (unpaired) electrons. The van der Waals surface area contributed by atoms with E-state index in [4.69, 9.17) is 21.7 Å². The Morgan fingerprint density at radius 1 is 0.837 bits per heavy atom. The predicted molar refractivity (Wildman–Crippen MR) is 167 cm³/mol. The fourth-order valence-electron chi connectivity index (χ4n) is 4.07. The first-order chi connectivity index (χ1) is 20.8. The Kier molecular flexibility index (Phi) is 11.4. The van der Waals surface area contributed by atoms with Crippen LogP contribution in [0.4, 0.5) is 9.93 Å². The molecule has 0 saturated heterocycles. The van der Waals surface area contributed by atoms with Crippen molar-refractivity contribution in [2.45, 2.75) is 45.6 Å². The average molecular weight is 620 g/mol. The van der Waals surface area contributed by atoms with E-state index < -0.39 is 30.0 Å². The number of carbonyl (C=O) groups excluding carboxylic acids is 3. The van der Waals surface area contributed by atoms with Crippen LogP contribution >= 0.6 is 23.6 Å². The van der Waals surface area contributed by atoms with E-state index in [1.165, 1.54) is 0 Å². The summed E-state index contributed by atoms with van der Waals surface area (Å²) in [5, 5.41) is 15.0. The molecule has 0 bridgehead atoms. The van der Waals surface area contributed by atoms with Crippen molar-refractivity contribution in [3.8, 4) is 5.75 Å². The summed E-state index contributed by atoms with van der Waals surface area (Å²) >= 11 is 6.13. The van der Waals surface area contributed by atoms with Gasteiger partial charge in [0.15, 0.2) is 3.95 Å². The number of benzene rings is 3. The summed E-state index contributed by atoms with van der Waals surface area (Å²) in [6.07, 6.45) is -0.605. The summed E-state index contributed by atoms with van der Waals surface area (Å²) in [7, 11) is 0. The largest absolute Gasteiger partial charge is 0.489 e. The number of hydrogen-bond acceptors (Lipinski definition) is 8. The Morgan fingerprint density at radius 3 is 2.05 bits per heavy atom. The van der Waals surface area contributed by atoms with Gasteiger partial charge in [0.2, 0.25) is 16.9 Å². The molecular weight excluding hydrogens is 587 g/mol. The highest BCUT2D eigenvalue weighted by molar-refractivity contribution is 7.73. The summed E-state index contributed by atoms with van der Waals surface area (Å²) in [6.45, 7) is 4.08. The lowest BCUT2D eigenvalue weighted by molar-refractivity contribution is -0.128. The second-order valence-electron chi connectivity index (χ2n) is 10.0. The van der Waals surface area contributed by atoms with Crippen LogP contribution in [0.15, 0.2) is 84.9 Å². The monoisotopic (exact) mass is 619 g/mol.